The fourth-order valence-corrected chi connectivity index (χ4v) is 4.10. The molecule has 0 aliphatic rings. The summed E-state index contributed by atoms with van der Waals surface area (Å²) in [5, 5.41) is 9.97. The van der Waals surface area contributed by atoms with E-state index in [4.69, 9.17) is 27.9 Å². The van der Waals surface area contributed by atoms with Crippen molar-refractivity contribution in [2.45, 2.75) is 12.7 Å². The van der Waals surface area contributed by atoms with Crippen molar-refractivity contribution in [3.05, 3.63) is 105 Å². The first-order valence-electron chi connectivity index (χ1n) is 11.0. The van der Waals surface area contributed by atoms with E-state index in [0.29, 0.717) is 21.3 Å². The van der Waals surface area contributed by atoms with Crippen molar-refractivity contribution in [1.29, 1.82) is 0 Å². The normalized spacial score (nSPS) is 11.7. The SMILES string of the molecule is O=c1n(CCOc2ccc(C(F)(F)F)cc2)nc2c(-c3ccc(Cl)cc3)c(-c3ccc(Cl)cc3)cnn12. The Hall–Kier alpha value is -3.82. The van der Waals surface area contributed by atoms with Crippen molar-refractivity contribution in [2.24, 2.45) is 0 Å². The maximum atomic E-state index is 13.0. The highest BCUT2D eigenvalue weighted by Gasteiger charge is 2.30. The number of hydrogen-bond acceptors (Lipinski definition) is 4. The van der Waals surface area contributed by atoms with Gasteiger partial charge in [-0.2, -0.15) is 22.8 Å². The highest BCUT2D eigenvalue weighted by molar-refractivity contribution is 6.31. The summed E-state index contributed by atoms with van der Waals surface area (Å²) < 4.78 is 46.2. The van der Waals surface area contributed by atoms with Crippen LogP contribution in [0.25, 0.3) is 27.9 Å². The molecule has 2 aromatic heterocycles. The third-order valence-corrected chi connectivity index (χ3v) is 6.16. The lowest BCUT2D eigenvalue weighted by molar-refractivity contribution is -0.137. The van der Waals surface area contributed by atoms with Crippen molar-refractivity contribution >= 4 is 28.8 Å². The Morgan fingerprint density at radius 3 is 2.03 bits per heavy atom. The first-order chi connectivity index (χ1) is 17.7. The van der Waals surface area contributed by atoms with Gasteiger partial charge in [0.15, 0.2) is 5.65 Å². The van der Waals surface area contributed by atoms with E-state index in [9.17, 15) is 18.0 Å². The number of rotatable bonds is 6. The Morgan fingerprint density at radius 2 is 1.43 bits per heavy atom. The molecular formula is C26H17Cl2F3N4O2. The third-order valence-electron chi connectivity index (χ3n) is 5.65. The standard InChI is InChI=1S/C26H17Cl2F3N4O2/c27-19-7-1-16(2-8-19)22-15-32-35-24(23(22)17-3-9-20(28)10-4-17)33-34(25(35)36)13-14-37-21-11-5-18(6-12-21)26(29,30)31/h1-12,15H,13-14H2. The second-order valence-corrected chi connectivity index (χ2v) is 8.93. The van der Waals surface area contributed by atoms with Crippen molar-refractivity contribution in [3.8, 4) is 28.0 Å². The molecule has 0 atom stereocenters. The molecule has 0 unspecified atom stereocenters. The zero-order valence-corrected chi connectivity index (χ0v) is 20.4. The van der Waals surface area contributed by atoms with Gasteiger partial charge < -0.3 is 4.74 Å². The van der Waals surface area contributed by atoms with Gasteiger partial charge in [-0.3, -0.25) is 0 Å². The van der Waals surface area contributed by atoms with Crippen molar-refractivity contribution in [1.82, 2.24) is 19.4 Å². The summed E-state index contributed by atoms with van der Waals surface area (Å²) in [6.07, 6.45) is -2.84. The minimum absolute atomic E-state index is 0.00940. The molecule has 37 heavy (non-hydrogen) atoms. The Morgan fingerprint density at radius 1 is 0.838 bits per heavy atom. The smallest absolute Gasteiger partial charge is 0.416 e. The Balaban J connectivity index is 1.49. The number of hydrogen-bond donors (Lipinski definition) is 0. The number of halogens is 5. The second kappa shape index (κ2) is 9.91. The summed E-state index contributed by atoms with van der Waals surface area (Å²) in [6, 6.07) is 18.7. The molecule has 0 radical (unpaired) electrons. The molecule has 0 fully saturated rings. The molecule has 0 N–H and O–H groups in total. The third kappa shape index (κ3) is 5.19. The number of alkyl halides is 3. The maximum absolute atomic E-state index is 13.0. The van der Waals surface area contributed by atoms with Gasteiger partial charge in [0.1, 0.15) is 12.4 Å². The number of aromatic nitrogens is 4. The zero-order chi connectivity index (χ0) is 26.2. The molecule has 0 saturated carbocycles. The van der Waals surface area contributed by atoms with Gasteiger partial charge in [-0.15, -0.1) is 5.10 Å². The summed E-state index contributed by atoms with van der Waals surface area (Å²) in [4.78, 5) is 13.0. The first kappa shape index (κ1) is 24.9. The monoisotopic (exact) mass is 544 g/mol. The molecule has 3 aromatic carbocycles. The quantitative estimate of drug-likeness (QED) is 0.240. The lowest BCUT2D eigenvalue weighted by atomic mass is 9.97. The van der Waals surface area contributed by atoms with Gasteiger partial charge >= 0.3 is 11.9 Å². The first-order valence-corrected chi connectivity index (χ1v) is 11.8. The van der Waals surface area contributed by atoms with Crippen LogP contribution in [0.3, 0.4) is 0 Å². The van der Waals surface area contributed by atoms with Crippen LogP contribution in [-0.2, 0) is 12.7 Å². The molecule has 188 valence electrons. The number of benzene rings is 3. The summed E-state index contributed by atoms with van der Waals surface area (Å²) in [6.45, 7) is 0.0645. The fraction of sp³-hybridized carbons (Fsp3) is 0.115. The van der Waals surface area contributed by atoms with E-state index in [0.717, 1.165) is 28.8 Å². The van der Waals surface area contributed by atoms with Crippen molar-refractivity contribution < 1.29 is 17.9 Å². The van der Waals surface area contributed by atoms with Crippen LogP contribution >= 0.6 is 23.2 Å². The highest BCUT2D eigenvalue weighted by Crippen LogP contribution is 2.35. The molecule has 11 heteroatoms. The largest absolute Gasteiger partial charge is 0.492 e. The van der Waals surface area contributed by atoms with E-state index in [-0.39, 0.29) is 18.9 Å². The van der Waals surface area contributed by atoms with Crippen molar-refractivity contribution in [2.75, 3.05) is 6.61 Å². The topological polar surface area (TPSA) is 61.4 Å². The Labute approximate surface area is 218 Å². The molecule has 0 saturated heterocycles. The summed E-state index contributed by atoms with van der Waals surface area (Å²) in [5.74, 6) is 0.245. The molecule has 0 spiro atoms. The lowest BCUT2D eigenvalue weighted by Crippen LogP contribution is -2.25. The van der Waals surface area contributed by atoms with Gasteiger partial charge in [0.05, 0.1) is 18.3 Å². The lowest BCUT2D eigenvalue weighted by Gasteiger charge is -2.11. The van der Waals surface area contributed by atoms with Crippen LogP contribution in [-0.4, -0.2) is 26.0 Å². The van der Waals surface area contributed by atoms with E-state index in [1.165, 1.54) is 21.3 Å². The van der Waals surface area contributed by atoms with E-state index < -0.39 is 17.4 Å². The minimum Gasteiger partial charge on any atom is -0.492 e. The van der Waals surface area contributed by atoms with Crippen LogP contribution in [0.5, 0.6) is 5.75 Å². The zero-order valence-electron chi connectivity index (χ0n) is 18.9. The second-order valence-electron chi connectivity index (χ2n) is 8.06. The predicted molar refractivity (Wildman–Crippen MR) is 135 cm³/mol. The van der Waals surface area contributed by atoms with E-state index in [1.807, 2.05) is 24.3 Å². The van der Waals surface area contributed by atoms with Crippen LogP contribution < -0.4 is 10.4 Å². The maximum Gasteiger partial charge on any atom is 0.416 e. The fourth-order valence-electron chi connectivity index (χ4n) is 3.85. The summed E-state index contributed by atoms with van der Waals surface area (Å²) in [7, 11) is 0. The molecule has 2 heterocycles. The molecular weight excluding hydrogens is 528 g/mol. The highest BCUT2D eigenvalue weighted by atomic mass is 35.5. The average Bonchev–Trinajstić information content (AvgIpc) is 3.20. The van der Waals surface area contributed by atoms with Gasteiger partial charge in [-0.05, 0) is 59.7 Å². The molecule has 0 aliphatic heterocycles. The average molecular weight is 545 g/mol. The van der Waals surface area contributed by atoms with Crippen molar-refractivity contribution in [3.63, 3.8) is 0 Å². The van der Waals surface area contributed by atoms with Crippen LogP contribution in [0.2, 0.25) is 10.0 Å². The van der Waals surface area contributed by atoms with E-state index >= 15 is 0 Å². The Kier molecular flexibility index (Phi) is 6.66. The summed E-state index contributed by atoms with van der Waals surface area (Å²) in [5.41, 5.74) is 2.10. The minimum atomic E-state index is -4.43. The number of fused-ring (bicyclic) bond motifs is 1. The Bertz CT molecular complexity index is 1610. The van der Waals surface area contributed by atoms with Gasteiger partial charge in [-0.1, -0.05) is 47.5 Å². The van der Waals surface area contributed by atoms with Crippen LogP contribution in [0.1, 0.15) is 5.56 Å². The molecule has 5 aromatic rings. The predicted octanol–water partition coefficient (Wildman–Crippen LogP) is 6.63. The van der Waals surface area contributed by atoms with Crippen LogP contribution in [0, 0.1) is 0 Å². The molecule has 5 rings (SSSR count). The van der Waals surface area contributed by atoms with Gasteiger partial charge in [0, 0.05) is 21.2 Å². The van der Waals surface area contributed by atoms with Crippen LogP contribution in [0.4, 0.5) is 13.2 Å². The summed E-state index contributed by atoms with van der Waals surface area (Å²) >= 11 is 12.1. The number of nitrogens with zero attached hydrogens (tertiary/aromatic N) is 4. The van der Waals surface area contributed by atoms with E-state index in [2.05, 4.69) is 10.2 Å². The van der Waals surface area contributed by atoms with E-state index in [1.54, 1.807) is 30.5 Å². The molecule has 6 nitrogen and oxygen atoms in total. The van der Waals surface area contributed by atoms with Gasteiger partial charge in [-0.25, -0.2) is 9.48 Å². The van der Waals surface area contributed by atoms with Gasteiger partial charge in [0.2, 0.25) is 0 Å². The number of ether oxygens (including phenoxy) is 1. The van der Waals surface area contributed by atoms with Crippen LogP contribution in [0.15, 0.2) is 83.8 Å². The molecule has 0 bridgehead atoms. The molecule has 0 amide bonds. The van der Waals surface area contributed by atoms with Gasteiger partial charge in [0.25, 0.3) is 0 Å². The molecule has 0 aliphatic carbocycles.